The van der Waals surface area contributed by atoms with E-state index in [0.717, 1.165) is 23.8 Å². The lowest BCUT2D eigenvalue weighted by Crippen LogP contribution is -2.50. The number of rotatable bonds is 4. The molecule has 1 aliphatic rings. The number of carbonyl (C=O) groups is 1. The zero-order valence-electron chi connectivity index (χ0n) is 15.6. The molecule has 0 unspecified atom stereocenters. The Labute approximate surface area is 165 Å². The first-order chi connectivity index (χ1) is 12.7. The van der Waals surface area contributed by atoms with Crippen LogP contribution in [0.3, 0.4) is 0 Å². The summed E-state index contributed by atoms with van der Waals surface area (Å²) >= 11 is 6.08. The van der Waals surface area contributed by atoms with E-state index in [1.165, 1.54) is 9.87 Å². The largest absolute Gasteiger partial charge is 0.336 e. The Hall–Kier alpha value is -2.05. The summed E-state index contributed by atoms with van der Waals surface area (Å²) in [7, 11) is -3.67. The van der Waals surface area contributed by atoms with Crippen LogP contribution in [0.15, 0.2) is 42.5 Å². The van der Waals surface area contributed by atoms with Gasteiger partial charge in [0, 0.05) is 18.1 Å². The number of halogens is 1. The summed E-state index contributed by atoms with van der Waals surface area (Å²) in [6, 6.07) is 12.2. The van der Waals surface area contributed by atoms with Crippen molar-refractivity contribution in [2.75, 3.05) is 17.1 Å². The zero-order chi connectivity index (χ0) is 19.8. The number of aryl methyl sites for hydroxylation is 1. The molecule has 0 saturated carbocycles. The maximum Gasteiger partial charge on any atom is 0.246 e. The fourth-order valence-corrected chi connectivity index (χ4v) is 4.93. The Morgan fingerprint density at radius 3 is 2.52 bits per heavy atom. The number of sulfonamides is 1. The lowest BCUT2D eigenvalue weighted by molar-refractivity contribution is -0.132. The molecule has 7 heteroatoms. The summed E-state index contributed by atoms with van der Waals surface area (Å²) in [5.74, 6) is -0.214. The van der Waals surface area contributed by atoms with Gasteiger partial charge in [-0.15, -0.1) is 0 Å². The Bertz CT molecular complexity index is 975. The summed E-state index contributed by atoms with van der Waals surface area (Å²) in [5.41, 5.74) is 3.52. The summed E-state index contributed by atoms with van der Waals surface area (Å²) in [5, 5.41) is 0.427. The monoisotopic (exact) mass is 406 g/mol. The van der Waals surface area contributed by atoms with Gasteiger partial charge in [-0.25, -0.2) is 8.42 Å². The standard InChI is InChI=1S/C20H23ClN2O3S/c1-14-8-9-18(21)12-19(14)23(27(3,25)26)15(2)20(24)22-11-10-16-6-4-5-7-17(16)13-22/h4-9,12,15H,10-11,13H2,1-3H3/t15-/m1/s1. The van der Waals surface area contributed by atoms with E-state index >= 15 is 0 Å². The average Bonchev–Trinajstić information content (AvgIpc) is 2.62. The van der Waals surface area contributed by atoms with Gasteiger partial charge in [-0.3, -0.25) is 9.10 Å². The van der Waals surface area contributed by atoms with E-state index in [9.17, 15) is 13.2 Å². The first-order valence-corrected chi connectivity index (χ1v) is 11.0. The number of carbonyl (C=O) groups excluding carboxylic acids is 1. The van der Waals surface area contributed by atoms with E-state index < -0.39 is 16.1 Å². The van der Waals surface area contributed by atoms with Gasteiger partial charge in [0.2, 0.25) is 15.9 Å². The van der Waals surface area contributed by atoms with Crippen LogP contribution in [0.1, 0.15) is 23.6 Å². The number of nitrogens with zero attached hydrogens (tertiary/aromatic N) is 2. The molecule has 0 aromatic heterocycles. The number of anilines is 1. The second-order valence-electron chi connectivity index (χ2n) is 6.94. The van der Waals surface area contributed by atoms with Crippen molar-refractivity contribution in [3.63, 3.8) is 0 Å². The summed E-state index contributed by atoms with van der Waals surface area (Å²) in [4.78, 5) is 14.9. The van der Waals surface area contributed by atoms with Crippen molar-refractivity contribution in [3.05, 3.63) is 64.2 Å². The van der Waals surface area contributed by atoms with Gasteiger partial charge in [0.25, 0.3) is 0 Å². The average molecular weight is 407 g/mol. The number of hydrogen-bond donors (Lipinski definition) is 0. The summed E-state index contributed by atoms with van der Waals surface area (Å²) in [6.07, 6.45) is 1.88. The molecule has 0 N–H and O–H groups in total. The van der Waals surface area contributed by atoms with E-state index in [1.807, 2.05) is 18.2 Å². The number of benzene rings is 2. The van der Waals surface area contributed by atoms with E-state index in [2.05, 4.69) is 6.07 Å². The van der Waals surface area contributed by atoms with Crippen LogP contribution in [0.25, 0.3) is 0 Å². The molecule has 1 amide bonds. The van der Waals surface area contributed by atoms with Gasteiger partial charge in [0.05, 0.1) is 11.9 Å². The molecule has 0 bridgehead atoms. The topological polar surface area (TPSA) is 57.7 Å². The lowest BCUT2D eigenvalue weighted by Gasteiger charge is -2.35. The van der Waals surface area contributed by atoms with Gasteiger partial charge >= 0.3 is 0 Å². The maximum absolute atomic E-state index is 13.2. The van der Waals surface area contributed by atoms with Crippen LogP contribution in [0.4, 0.5) is 5.69 Å². The summed E-state index contributed by atoms with van der Waals surface area (Å²) < 4.78 is 26.2. The van der Waals surface area contributed by atoms with Crippen molar-refractivity contribution in [1.29, 1.82) is 0 Å². The Kier molecular flexibility index (Phi) is 5.49. The fraction of sp³-hybridized carbons (Fsp3) is 0.350. The number of hydrogen-bond acceptors (Lipinski definition) is 3. The zero-order valence-corrected chi connectivity index (χ0v) is 17.2. The SMILES string of the molecule is Cc1ccc(Cl)cc1N([C@H](C)C(=O)N1CCc2ccccc2C1)S(C)(=O)=O. The molecule has 0 radical (unpaired) electrons. The number of amides is 1. The minimum atomic E-state index is -3.67. The van der Waals surface area contributed by atoms with Crippen molar-refractivity contribution in [2.45, 2.75) is 32.9 Å². The molecule has 144 valence electrons. The third-order valence-corrected chi connectivity index (χ3v) is 6.38. The van der Waals surface area contributed by atoms with E-state index in [4.69, 9.17) is 11.6 Å². The molecule has 5 nitrogen and oxygen atoms in total. The van der Waals surface area contributed by atoms with Crippen LogP contribution in [-0.2, 0) is 27.8 Å². The molecule has 1 atom stereocenters. The minimum absolute atomic E-state index is 0.214. The first kappa shape index (κ1) is 19.7. The molecule has 0 saturated heterocycles. The van der Waals surface area contributed by atoms with Gasteiger partial charge in [-0.05, 0) is 49.1 Å². The van der Waals surface area contributed by atoms with Crippen molar-refractivity contribution in [1.82, 2.24) is 4.90 Å². The minimum Gasteiger partial charge on any atom is -0.336 e. The lowest BCUT2D eigenvalue weighted by atomic mass is 9.99. The van der Waals surface area contributed by atoms with Crippen LogP contribution in [-0.4, -0.2) is 38.1 Å². The van der Waals surface area contributed by atoms with Crippen LogP contribution in [0.2, 0.25) is 5.02 Å². The van der Waals surface area contributed by atoms with Gasteiger partial charge < -0.3 is 4.90 Å². The van der Waals surface area contributed by atoms with Crippen LogP contribution >= 0.6 is 11.6 Å². The molecule has 0 fully saturated rings. The van der Waals surface area contributed by atoms with Crippen molar-refractivity contribution in [3.8, 4) is 0 Å². The maximum atomic E-state index is 13.2. The van der Waals surface area contributed by atoms with Crippen LogP contribution in [0.5, 0.6) is 0 Å². The molecule has 2 aromatic carbocycles. The molecule has 27 heavy (non-hydrogen) atoms. The Balaban J connectivity index is 1.92. The van der Waals surface area contributed by atoms with Crippen LogP contribution < -0.4 is 4.31 Å². The predicted molar refractivity (Wildman–Crippen MR) is 109 cm³/mol. The van der Waals surface area contributed by atoms with E-state index in [0.29, 0.717) is 23.8 Å². The fourth-order valence-electron chi connectivity index (χ4n) is 3.54. The van der Waals surface area contributed by atoms with Crippen molar-refractivity contribution >= 4 is 33.2 Å². The molecule has 2 aromatic rings. The molecule has 1 aliphatic heterocycles. The molecule has 3 rings (SSSR count). The quantitative estimate of drug-likeness (QED) is 0.782. The third kappa shape index (κ3) is 4.12. The highest BCUT2D eigenvalue weighted by atomic mass is 35.5. The van der Waals surface area contributed by atoms with Crippen molar-refractivity contribution < 1.29 is 13.2 Å². The highest BCUT2D eigenvalue weighted by Crippen LogP contribution is 2.29. The van der Waals surface area contributed by atoms with E-state index in [1.54, 1.807) is 36.9 Å². The Morgan fingerprint density at radius 1 is 1.19 bits per heavy atom. The number of fused-ring (bicyclic) bond motifs is 1. The van der Waals surface area contributed by atoms with Crippen molar-refractivity contribution in [2.24, 2.45) is 0 Å². The third-order valence-electron chi connectivity index (χ3n) is 4.92. The van der Waals surface area contributed by atoms with Gasteiger partial charge in [0.15, 0.2) is 0 Å². The predicted octanol–water partition coefficient (Wildman–Crippen LogP) is 3.39. The molecule has 0 aliphatic carbocycles. The van der Waals surface area contributed by atoms with Crippen LogP contribution in [0, 0.1) is 6.92 Å². The Morgan fingerprint density at radius 2 is 1.85 bits per heavy atom. The van der Waals surface area contributed by atoms with E-state index in [-0.39, 0.29) is 5.91 Å². The smallest absolute Gasteiger partial charge is 0.246 e. The molecular weight excluding hydrogens is 384 g/mol. The highest BCUT2D eigenvalue weighted by molar-refractivity contribution is 7.92. The molecular formula is C20H23ClN2O3S. The van der Waals surface area contributed by atoms with Gasteiger partial charge in [-0.1, -0.05) is 41.9 Å². The second kappa shape index (κ2) is 7.52. The molecule has 0 spiro atoms. The normalized spacial score (nSPS) is 15.2. The summed E-state index contributed by atoms with van der Waals surface area (Å²) in [6.45, 7) is 4.50. The van der Waals surface area contributed by atoms with Gasteiger partial charge in [-0.2, -0.15) is 0 Å². The first-order valence-electron chi connectivity index (χ1n) is 8.79. The highest BCUT2D eigenvalue weighted by Gasteiger charge is 2.34. The van der Waals surface area contributed by atoms with Gasteiger partial charge in [0.1, 0.15) is 6.04 Å². The second-order valence-corrected chi connectivity index (χ2v) is 9.24. The molecule has 1 heterocycles.